The zero-order valence-corrected chi connectivity index (χ0v) is 12.0. The molecule has 1 saturated heterocycles. The molecule has 1 aromatic carbocycles. The molecule has 0 bridgehead atoms. The monoisotopic (exact) mass is 310 g/mol. The highest BCUT2D eigenvalue weighted by Crippen LogP contribution is 2.47. The van der Waals surface area contributed by atoms with Crippen LogP contribution in [0.4, 0.5) is 0 Å². The van der Waals surface area contributed by atoms with Gasteiger partial charge in [-0.25, -0.2) is 0 Å². The highest BCUT2D eigenvalue weighted by atomic mass is 79.9. The predicted octanol–water partition coefficient (Wildman–Crippen LogP) is 3.27. The molecule has 1 aromatic rings. The molecule has 1 heterocycles. The number of halogens is 1. The van der Waals surface area contributed by atoms with Crippen molar-refractivity contribution >= 4 is 15.9 Å². The molecule has 1 aliphatic heterocycles. The maximum absolute atomic E-state index is 9.67. The van der Waals surface area contributed by atoms with Crippen LogP contribution in [0.3, 0.4) is 0 Å². The average molecular weight is 311 g/mol. The van der Waals surface area contributed by atoms with Crippen molar-refractivity contribution in [2.75, 3.05) is 13.2 Å². The molecule has 0 spiro atoms. The first-order chi connectivity index (χ1) is 8.72. The van der Waals surface area contributed by atoms with Crippen molar-refractivity contribution in [2.45, 2.75) is 37.2 Å². The summed E-state index contributed by atoms with van der Waals surface area (Å²) in [6, 6.07) is 8.51. The van der Waals surface area contributed by atoms with Crippen molar-refractivity contribution in [3.8, 4) is 0 Å². The molecular weight excluding hydrogens is 292 g/mol. The van der Waals surface area contributed by atoms with Crippen LogP contribution in [-0.2, 0) is 10.2 Å². The Morgan fingerprint density at radius 1 is 1.11 bits per heavy atom. The molecule has 98 valence electrons. The number of hydrogen-bond acceptors (Lipinski definition) is 2. The molecular formula is C15H19BrO2. The second kappa shape index (κ2) is 4.95. The number of aliphatic hydroxyl groups is 1. The number of rotatable bonds is 2. The van der Waals surface area contributed by atoms with E-state index in [0.717, 1.165) is 38.9 Å². The van der Waals surface area contributed by atoms with Gasteiger partial charge in [-0.2, -0.15) is 0 Å². The minimum atomic E-state index is -0.0847. The molecule has 0 atom stereocenters. The fourth-order valence-electron chi connectivity index (χ4n) is 3.43. The molecule has 3 rings (SSSR count). The lowest BCUT2D eigenvalue weighted by molar-refractivity contribution is -0.104. The predicted molar refractivity (Wildman–Crippen MR) is 74.6 cm³/mol. The van der Waals surface area contributed by atoms with Gasteiger partial charge < -0.3 is 9.84 Å². The highest BCUT2D eigenvalue weighted by Gasteiger charge is 2.48. The maximum Gasteiger partial charge on any atom is 0.0588 e. The van der Waals surface area contributed by atoms with Crippen LogP contribution in [-0.4, -0.2) is 24.4 Å². The Bertz CT molecular complexity index is 420. The molecule has 18 heavy (non-hydrogen) atoms. The van der Waals surface area contributed by atoms with Crippen LogP contribution in [0.15, 0.2) is 28.7 Å². The smallest absolute Gasteiger partial charge is 0.0588 e. The van der Waals surface area contributed by atoms with E-state index in [0.29, 0.717) is 5.92 Å². The summed E-state index contributed by atoms with van der Waals surface area (Å²) in [5.74, 6) is 0.647. The Balaban J connectivity index is 1.88. The van der Waals surface area contributed by atoms with Crippen LogP contribution < -0.4 is 0 Å². The SMILES string of the molecule is OC1CCC(C2(c3ccccc3Br)COC2)CC1. The zero-order chi connectivity index (χ0) is 12.6. The van der Waals surface area contributed by atoms with Crippen LogP contribution in [0, 0.1) is 5.92 Å². The second-order valence-corrected chi connectivity index (χ2v) is 6.49. The van der Waals surface area contributed by atoms with Gasteiger partial charge in [0.1, 0.15) is 0 Å². The van der Waals surface area contributed by atoms with Gasteiger partial charge in [0.15, 0.2) is 0 Å². The Morgan fingerprint density at radius 2 is 1.78 bits per heavy atom. The summed E-state index contributed by atoms with van der Waals surface area (Å²) in [6.07, 6.45) is 4.03. The van der Waals surface area contributed by atoms with E-state index in [1.165, 1.54) is 10.0 Å². The van der Waals surface area contributed by atoms with Crippen molar-refractivity contribution in [3.05, 3.63) is 34.3 Å². The number of hydrogen-bond donors (Lipinski definition) is 1. The first kappa shape index (κ1) is 12.6. The molecule has 1 aliphatic carbocycles. The summed E-state index contributed by atoms with van der Waals surface area (Å²) >= 11 is 3.68. The van der Waals surface area contributed by atoms with E-state index >= 15 is 0 Å². The van der Waals surface area contributed by atoms with Crippen LogP contribution in [0.5, 0.6) is 0 Å². The first-order valence-corrected chi connectivity index (χ1v) is 7.52. The van der Waals surface area contributed by atoms with Crippen molar-refractivity contribution in [2.24, 2.45) is 5.92 Å². The van der Waals surface area contributed by atoms with E-state index in [2.05, 4.69) is 40.2 Å². The van der Waals surface area contributed by atoms with E-state index in [9.17, 15) is 5.11 Å². The van der Waals surface area contributed by atoms with Crippen molar-refractivity contribution < 1.29 is 9.84 Å². The van der Waals surface area contributed by atoms with Gasteiger partial charge in [-0.3, -0.25) is 0 Å². The Morgan fingerprint density at radius 3 is 2.33 bits per heavy atom. The Hall–Kier alpha value is -0.380. The molecule has 2 aliphatic rings. The third-order valence-electron chi connectivity index (χ3n) is 4.61. The van der Waals surface area contributed by atoms with Crippen molar-refractivity contribution in [1.29, 1.82) is 0 Å². The number of benzene rings is 1. The molecule has 0 radical (unpaired) electrons. The fraction of sp³-hybridized carbons (Fsp3) is 0.600. The van der Waals surface area contributed by atoms with Crippen LogP contribution >= 0.6 is 15.9 Å². The molecule has 3 heteroatoms. The lowest BCUT2D eigenvalue weighted by atomic mass is 9.63. The lowest BCUT2D eigenvalue weighted by Gasteiger charge is -2.50. The van der Waals surface area contributed by atoms with Crippen LogP contribution in [0.2, 0.25) is 0 Å². The summed E-state index contributed by atoms with van der Waals surface area (Å²) in [5.41, 5.74) is 1.57. The number of aliphatic hydroxyl groups excluding tert-OH is 1. The third kappa shape index (κ3) is 2.02. The summed E-state index contributed by atoms with van der Waals surface area (Å²) in [5, 5.41) is 9.67. The van der Waals surface area contributed by atoms with E-state index in [-0.39, 0.29) is 11.5 Å². The summed E-state index contributed by atoms with van der Waals surface area (Å²) < 4.78 is 6.74. The first-order valence-electron chi connectivity index (χ1n) is 6.73. The van der Waals surface area contributed by atoms with Gasteiger partial charge in [-0.05, 0) is 43.2 Å². The normalized spacial score (nSPS) is 30.8. The minimum absolute atomic E-state index is 0.0847. The zero-order valence-electron chi connectivity index (χ0n) is 10.4. The highest BCUT2D eigenvalue weighted by molar-refractivity contribution is 9.10. The Kier molecular flexibility index (Phi) is 3.48. The summed E-state index contributed by atoms with van der Waals surface area (Å²) in [6.45, 7) is 1.66. The van der Waals surface area contributed by atoms with Gasteiger partial charge in [0, 0.05) is 9.89 Å². The second-order valence-electron chi connectivity index (χ2n) is 5.63. The number of ether oxygens (including phenoxy) is 1. The van der Waals surface area contributed by atoms with Gasteiger partial charge in [-0.15, -0.1) is 0 Å². The van der Waals surface area contributed by atoms with E-state index in [1.54, 1.807) is 0 Å². The van der Waals surface area contributed by atoms with E-state index in [1.807, 2.05) is 0 Å². The standard InChI is InChI=1S/C15H19BrO2/c16-14-4-2-1-3-13(14)15(9-18-10-15)11-5-7-12(17)8-6-11/h1-4,11-12,17H,5-10H2. The molecule has 1 saturated carbocycles. The van der Waals surface area contributed by atoms with Crippen molar-refractivity contribution in [1.82, 2.24) is 0 Å². The average Bonchev–Trinajstić information content (AvgIpc) is 2.32. The maximum atomic E-state index is 9.67. The van der Waals surface area contributed by atoms with Gasteiger partial charge in [0.2, 0.25) is 0 Å². The molecule has 0 unspecified atom stereocenters. The molecule has 0 aromatic heterocycles. The Labute approximate surface area is 116 Å². The quantitative estimate of drug-likeness (QED) is 0.908. The van der Waals surface area contributed by atoms with Crippen LogP contribution in [0.1, 0.15) is 31.2 Å². The van der Waals surface area contributed by atoms with Gasteiger partial charge in [-0.1, -0.05) is 34.1 Å². The lowest BCUT2D eigenvalue weighted by Crippen LogP contribution is -2.53. The van der Waals surface area contributed by atoms with Crippen LogP contribution in [0.25, 0.3) is 0 Å². The minimum Gasteiger partial charge on any atom is -0.393 e. The molecule has 0 amide bonds. The van der Waals surface area contributed by atoms with E-state index in [4.69, 9.17) is 4.74 Å². The molecule has 2 fully saturated rings. The summed E-state index contributed by atoms with van der Waals surface area (Å²) in [4.78, 5) is 0. The third-order valence-corrected chi connectivity index (χ3v) is 5.30. The van der Waals surface area contributed by atoms with Gasteiger partial charge >= 0.3 is 0 Å². The van der Waals surface area contributed by atoms with Crippen molar-refractivity contribution in [3.63, 3.8) is 0 Å². The fourth-order valence-corrected chi connectivity index (χ4v) is 4.11. The van der Waals surface area contributed by atoms with Gasteiger partial charge in [0.25, 0.3) is 0 Å². The van der Waals surface area contributed by atoms with Gasteiger partial charge in [0.05, 0.1) is 19.3 Å². The molecule has 2 nitrogen and oxygen atoms in total. The topological polar surface area (TPSA) is 29.5 Å². The largest absolute Gasteiger partial charge is 0.393 e. The molecule has 1 N–H and O–H groups in total. The van der Waals surface area contributed by atoms with E-state index < -0.39 is 0 Å². The summed E-state index contributed by atoms with van der Waals surface area (Å²) in [7, 11) is 0.